The molecule has 0 spiro atoms. The molecule has 94 valence electrons. The Morgan fingerprint density at radius 1 is 1.17 bits per heavy atom. The van der Waals surface area contributed by atoms with Gasteiger partial charge in [0.25, 0.3) is 0 Å². The largest absolute Gasteiger partial charge is 0.495 e. The van der Waals surface area contributed by atoms with Crippen molar-refractivity contribution >= 4 is 28.9 Å². The highest BCUT2D eigenvalue weighted by atomic mass is 35.5. The molecule has 0 saturated heterocycles. The summed E-state index contributed by atoms with van der Waals surface area (Å²) >= 11 is 5.96. The van der Waals surface area contributed by atoms with Gasteiger partial charge in [0.2, 0.25) is 0 Å². The highest BCUT2D eigenvalue weighted by Crippen LogP contribution is 2.30. The van der Waals surface area contributed by atoms with Gasteiger partial charge in [0.05, 0.1) is 12.8 Å². The van der Waals surface area contributed by atoms with Crippen LogP contribution in [-0.4, -0.2) is 24.1 Å². The summed E-state index contributed by atoms with van der Waals surface area (Å²) in [5, 5.41) is 6.71. The van der Waals surface area contributed by atoms with Gasteiger partial charge in [0, 0.05) is 18.1 Å². The number of nitrogens with one attached hydrogen (secondary N) is 2. The zero-order valence-electron chi connectivity index (χ0n) is 10.1. The smallest absolute Gasteiger partial charge is 0.142 e. The maximum absolute atomic E-state index is 5.96. The Bertz CT molecular complexity index is 547. The van der Waals surface area contributed by atoms with E-state index in [-0.39, 0.29) is 0 Å². The molecule has 0 saturated carbocycles. The third kappa shape index (κ3) is 2.81. The van der Waals surface area contributed by atoms with E-state index in [1.165, 1.54) is 6.33 Å². The van der Waals surface area contributed by atoms with E-state index >= 15 is 0 Å². The normalized spacial score (nSPS) is 9.94. The molecule has 1 aromatic carbocycles. The molecule has 2 rings (SSSR count). The molecular formula is C12H13ClN4O. The zero-order valence-corrected chi connectivity index (χ0v) is 10.8. The Kier molecular flexibility index (Phi) is 3.84. The summed E-state index contributed by atoms with van der Waals surface area (Å²) in [6.45, 7) is 0. The minimum atomic E-state index is 0.626. The quantitative estimate of drug-likeness (QED) is 0.889. The lowest BCUT2D eigenvalue weighted by molar-refractivity contribution is 0.417. The van der Waals surface area contributed by atoms with Gasteiger partial charge in [0.15, 0.2) is 0 Å². The second-order valence-corrected chi connectivity index (χ2v) is 3.94. The molecule has 0 amide bonds. The van der Waals surface area contributed by atoms with Crippen molar-refractivity contribution in [1.29, 1.82) is 0 Å². The van der Waals surface area contributed by atoms with Crippen LogP contribution in [0, 0.1) is 0 Å². The van der Waals surface area contributed by atoms with Crippen LogP contribution in [0.4, 0.5) is 17.3 Å². The van der Waals surface area contributed by atoms with Crippen LogP contribution in [-0.2, 0) is 0 Å². The zero-order chi connectivity index (χ0) is 13.0. The van der Waals surface area contributed by atoms with E-state index in [2.05, 4.69) is 20.6 Å². The van der Waals surface area contributed by atoms with Gasteiger partial charge in [-0.1, -0.05) is 11.6 Å². The first-order valence-electron chi connectivity index (χ1n) is 5.33. The van der Waals surface area contributed by atoms with Crippen LogP contribution in [0.1, 0.15) is 0 Å². The molecule has 0 fully saturated rings. The lowest BCUT2D eigenvalue weighted by atomic mass is 10.3. The molecular weight excluding hydrogens is 252 g/mol. The average molecular weight is 265 g/mol. The van der Waals surface area contributed by atoms with Crippen molar-refractivity contribution in [1.82, 2.24) is 9.97 Å². The minimum absolute atomic E-state index is 0.626. The molecule has 1 aromatic heterocycles. The number of benzene rings is 1. The number of aromatic nitrogens is 2. The monoisotopic (exact) mass is 264 g/mol. The van der Waals surface area contributed by atoms with Crippen LogP contribution in [0.25, 0.3) is 0 Å². The van der Waals surface area contributed by atoms with Crippen molar-refractivity contribution in [3.8, 4) is 5.75 Å². The van der Waals surface area contributed by atoms with Crippen molar-refractivity contribution in [3.05, 3.63) is 35.6 Å². The fourth-order valence-electron chi connectivity index (χ4n) is 1.48. The highest BCUT2D eigenvalue weighted by molar-refractivity contribution is 6.31. The topological polar surface area (TPSA) is 59.1 Å². The van der Waals surface area contributed by atoms with Gasteiger partial charge in [-0.05, 0) is 18.2 Å². The number of ether oxygens (including phenoxy) is 1. The van der Waals surface area contributed by atoms with Gasteiger partial charge in [-0.15, -0.1) is 0 Å². The molecule has 0 aliphatic heterocycles. The predicted octanol–water partition coefficient (Wildman–Crippen LogP) is 2.92. The molecule has 0 aliphatic carbocycles. The van der Waals surface area contributed by atoms with E-state index in [9.17, 15) is 0 Å². The summed E-state index contributed by atoms with van der Waals surface area (Å²) in [4.78, 5) is 8.17. The third-order valence-corrected chi connectivity index (χ3v) is 2.58. The summed E-state index contributed by atoms with van der Waals surface area (Å²) in [7, 11) is 3.40. The number of hydrogen-bond acceptors (Lipinski definition) is 5. The summed E-state index contributed by atoms with van der Waals surface area (Å²) < 4.78 is 5.25. The first-order chi connectivity index (χ1) is 8.72. The Balaban J connectivity index is 2.29. The maximum Gasteiger partial charge on any atom is 0.142 e. The maximum atomic E-state index is 5.96. The lowest BCUT2D eigenvalue weighted by Crippen LogP contribution is -1.99. The average Bonchev–Trinajstić information content (AvgIpc) is 2.39. The molecule has 1 heterocycles. The molecule has 2 N–H and O–H groups in total. The number of hydrogen-bond donors (Lipinski definition) is 2. The summed E-state index contributed by atoms with van der Waals surface area (Å²) in [6.07, 6.45) is 1.48. The molecule has 5 nitrogen and oxygen atoms in total. The SMILES string of the molecule is CNc1cc(Nc2cc(Cl)ccc2OC)ncn1. The Labute approximate surface area is 110 Å². The number of halogens is 1. The summed E-state index contributed by atoms with van der Waals surface area (Å²) in [5.41, 5.74) is 0.755. The van der Waals surface area contributed by atoms with Gasteiger partial charge in [-0.25, -0.2) is 9.97 Å². The summed E-state index contributed by atoms with van der Waals surface area (Å²) in [5.74, 6) is 2.09. The third-order valence-electron chi connectivity index (χ3n) is 2.35. The van der Waals surface area contributed by atoms with E-state index in [1.54, 1.807) is 38.4 Å². The second-order valence-electron chi connectivity index (χ2n) is 3.51. The van der Waals surface area contributed by atoms with Crippen LogP contribution in [0.2, 0.25) is 5.02 Å². The number of nitrogens with zero attached hydrogens (tertiary/aromatic N) is 2. The standard InChI is InChI=1S/C12H13ClN4O/c1-14-11-6-12(16-7-15-11)17-9-5-8(13)3-4-10(9)18-2/h3-7H,1-2H3,(H2,14,15,16,17). The fraction of sp³-hybridized carbons (Fsp3) is 0.167. The number of methoxy groups -OCH3 is 1. The van der Waals surface area contributed by atoms with Gasteiger partial charge in [0.1, 0.15) is 23.7 Å². The Hall–Kier alpha value is -2.01. The molecule has 0 radical (unpaired) electrons. The van der Waals surface area contributed by atoms with Crippen LogP contribution in [0.5, 0.6) is 5.75 Å². The van der Waals surface area contributed by atoms with E-state index < -0.39 is 0 Å². The molecule has 0 aliphatic rings. The number of anilines is 3. The molecule has 18 heavy (non-hydrogen) atoms. The van der Waals surface area contributed by atoms with Gasteiger partial charge in [-0.3, -0.25) is 0 Å². The van der Waals surface area contributed by atoms with Gasteiger partial charge < -0.3 is 15.4 Å². The van der Waals surface area contributed by atoms with Gasteiger partial charge in [-0.2, -0.15) is 0 Å². The van der Waals surface area contributed by atoms with Gasteiger partial charge >= 0.3 is 0 Å². The first-order valence-corrected chi connectivity index (χ1v) is 5.71. The van der Waals surface area contributed by atoms with Crippen molar-refractivity contribution in [2.24, 2.45) is 0 Å². The fourth-order valence-corrected chi connectivity index (χ4v) is 1.65. The van der Waals surface area contributed by atoms with E-state index in [0.29, 0.717) is 16.6 Å². The molecule has 0 bridgehead atoms. The van der Waals surface area contributed by atoms with Crippen molar-refractivity contribution in [2.75, 3.05) is 24.8 Å². The lowest BCUT2D eigenvalue weighted by Gasteiger charge is -2.11. The summed E-state index contributed by atoms with van der Waals surface area (Å²) in [6, 6.07) is 7.14. The highest BCUT2D eigenvalue weighted by Gasteiger charge is 2.05. The van der Waals surface area contributed by atoms with E-state index in [4.69, 9.17) is 16.3 Å². The predicted molar refractivity (Wildman–Crippen MR) is 72.9 cm³/mol. The molecule has 0 atom stereocenters. The van der Waals surface area contributed by atoms with Crippen LogP contribution in [0.3, 0.4) is 0 Å². The van der Waals surface area contributed by atoms with E-state index in [0.717, 1.165) is 11.5 Å². The Morgan fingerprint density at radius 2 is 1.94 bits per heavy atom. The van der Waals surface area contributed by atoms with Crippen LogP contribution < -0.4 is 15.4 Å². The van der Waals surface area contributed by atoms with Crippen molar-refractivity contribution in [3.63, 3.8) is 0 Å². The minimum Gasteiger partial charge on any atom is -0.495 e. The van der Waals surface area contributed by atoms with Crippen LogP contribution in [0.15, 0.2) is 30.6 Å². The second kappa shape index (κ2) is 5.55. The van der Waals surface area contributed by atoms with Crippen molar-refractivity contribution < 1.29 is 4.74 Å². The van der Waals surface area contributed by atoms with E-state index in [1.807, 2.05) is 0 Å². The van der Waals surface area contributed by atoms with Crippen molar-refractivity contribution in [2.45, 2.75) is 0 Å². The molecule has 6 heteroatoms. The Morgan fingerprint density at radius 3 is 2.67 bits per heavy atom. The first kappa shape index (κ1) is 12.4. The molecule has 2 aromatic rings. The molecule has 0 unspecified atom stereocenters. The van der Waals surface area contributed by atoms with Crippen LogP contribution >= 0.6 is 11.6 Å². The number of rotatable bonds is 4.